The number of hydrogen-bond acceptors (Lipinski definition) is 3. The first-order valence-electron chi connectivity index (χ1n) is 5.90. The maximum atomic E-state index is 4.42. The molecule has 0 atom stereocenters. The van der Waals surface area contributed by atoms with E-state index in [-0.39, 0.29) is 0 Å². The summed E-state index contributed by atoms with van der Waals surface area (Å²) in [5.41, 5.74) is 3.27. The van der Waals surface area contributed by atoms with Gasteiger partial charge >= 0.3 is 0 Å². The maximum Gasteiger partial charge on any atom is 0.153 e. The van der Waals surface area contributed by atoms with Crippen molar-refractivity contribution in [1.82, 2.24) is 14.5 Å². The predicted molar refractivity (Wildman–Crippen MR) is 72.6 cm³/mol. The SMILES string of the molecule is CNc1nccc2c1ncn2Cc1ccccc1. The van der Waals surface area contributed by atoms with Gasteiger partial charge in [-0.05, 0) is 11.6 Å². The molecule has 0 saturated heterocycles. The van der Waals surface area contributed by atoms with Crippen LogP contribution in [0.2, 0.25) is 0 Å². The predicted octanol–water partition coefficient (Wildman–Crippen LogP) is 2.52. The van der Waals surface area contributed by atoms with Crippen LogP contribution < -0.4 is 5.32 Å². The van der Waals surface area contributed by atoms with Crippen molar-refractivity contribution in [3.8, 4) is 0 Å². The number of fused-ring (bicyclic) bond motifs is 1. The third-order valence-corrected chi connectivity index (χ3v) is 2.97. The van der Waals surface area contributed by atoms with Crippen molar-refractivity contribution in [2.24, 2.45) is 0 Å². The van der Waals surface area contributed by atoms with E-state index in [0.717, 1.165) is 23.4 Å². The minimum Gasteiger partial charge on any atom is -0.371 e. The summed E-state index contributed by atoms with van der Waals surface area (Å²) < 4.78 is 2.13. The standard InChI is InChI=1S/C14H14N4/c1-15-14-13-12(7-8-16-14)18(10-17-13)9-11-5-3-2-4-6-11/h2-8,10H,9H2,1H3,(H,15,16). The van der Waals surface area contributed by atoms with Gasteiger partial charge in [0, 0.05) is 19.8 Å². The number of hydrogen-bond donors (Lipinski definition) is 1. The van der Waals surface area contributed by atoms with Crippen LogP contribution in [-0.4, -0.2) is 21.6 Å². The number of rotatable bonds is 3. The second-order valence-electron chi connectivity index (χ2n) is 4.14. The normalized spacial score (nSPS) is 10.7. The van der Waals surface area contributed by atoms with E-state index in [1.807, 2.05) is 25.5 Å². The largest absolute Gasteiger partial charge is 0.371 e. The fourth-order valence-electron chi connectivity index (χ4n) is 2.08. The van der Waals surface area contributed by atoms with Gasteiger partial charge in [-0.2, -0.15) is 0 Å². The topological polar surface area (TPSA) is 42.7 Å². The van der Waals surface area contributed by atoms with Gasteiger partial charge < -0.3 is 9.88 Å². The van der Waals surface area contributed by atoms with Crippen molar-refractivity contribution in [3.05, 3.63) is 54.5 Å². The molecule has 0 aliphatic rings. The molecule has 0 amide bonds. The highest BCUT2D eigenvalue weighted by Crippen LogP contribution is 2.19. The van der Waals surface area contributed by atoms with Gasteiger partial charge in [0.05, 0.1) is 11.8 Å². The lowest BCUT2D eigenvalue weighted by molar-refractivity contribution is 0.824. The molecule has 0 aliphatic heterocycles. The fourth-order valence-corrected chi connectivity index (χ4v) is 2.08. The molecule has 0 fully saturated rings. The molecule has 3 aromatic rings. The molecule has 0 unspecified atom stereocenters. The molecular weight excluding hydrogens is 224 g/mol. The molecule has 0 aliphatic carbocycles. The van der Waals surface area contributed by atoms with Gasteiger partial charge in [0.25, 0.3) is 0 Å². The van der Waals surface area contributed by atoms with Crippen LogP contribution >= 0.6 is 0 Å². The van der Waals surface area contributed by atoms with Crippen LogP contribution in [0.5, 0.6) is 0 Å². The van der Waals surface area contributed by atoms with Crippen molar-refractivity contribution in [1.29, 1.82) is 0 Å². The Labute approximate surface area is 105 Å². The second-order valence-corrected chi connectivity index (χ2v) is 4.14. The van der Waals surface area contributed by atoms with E-state index in [0.29, 0.717) is 0 Å². The maximum absolute atomic E-state index is 4.42. The number of pyridine rings is 1. The Bertz CT molecular complexity index is 658. The monoisotopic (exact) mass is 238 g/mol. The summed E-state index contributed by atoms with van der Waals surface area (Å²) in [6.07, 6.45) is 3.66. The zero-order valence-electron chi connectivity index (χ0n) is 10.2. The van der Waals surface area contributed by atoms with Gasteiger partial charge in [0.15, 0.2) is 5.82 Å². The lowest BCUT2D eigenvalue weighted by Crippen LogP contribution is -1.98. The third-order valence-electron chi connectivity index (χ3n) is 2.97. The van der Waals surface area contributed by atoms with Crippen molar-refractivity contribution < 1.29 is 0 Å². The highest BCUT2D eigenvalue weighted by Gasteiger charge is 2.07. The summed E-state index contributed by atoms with van der Waals surface area (Å²) in [5, 5.41) is 3.06. The van der Waals surface area contributed by atoms with E-state index < -0.39 is 0 Å². The molecule has 1 aromatic carbocycles. The van der Waals surface area contributed by atoms with Crippen molar-refractivity contribution >= 4 is 16.9 Å². The second kappa shape index (κ2) is 4.49. The molecule has 90 valence electrons. The third kappa shape index (κ3) is 1.82. The van der Waals surface area contributed by atoms with Crippen LogP contribution in [-0.2, 0) is 6.54 Å². The van der Waals surface area contributed by atoms with Crippen molar-refractivity contribution in [3.63, 3.8) is 0 Å². The van der Waals surface area contributed by atoms with Crippen LogP contribution in [0.3, 0.4) is 0 Å². The minimum absolute atomic E-state index is 0.819. The van der Waals surface area contributed by atoms with Crippen LogP contribution in [0.1, 0.15) is 5.56 Å². The van der Waals surface area contributed by atoms with Crippen molar-refractivity contribution in [2.75, 3.05) is 12.4 Å². The van der Waals surface area contributed by atoms with Crippen LogP contribution in [0.15, 0.2) is 48.9 Å². The highest BCUT2D eigenvalue weighted by molar-refractivity contribution is 5.85. The number of aromatic nitrogens is 3. The van der Waals surface area contributed by atoms with Crippen LogP contribution in [0.4, 0.5) is 5.82 Å². The summed E-state index contributed by atoms with van der Waals surface area (Å²) >= 11 is 0. The molecule has 18 heavy (non-hydrogen) atoms. The molecule has 1 N–H and O–H groups in total. The smallest absolute Gasteiger partial charge is 0.153 e. The molecule has 0 radical (unpaired) electrons. The number of nitrogens with one attached hydrogen (secondary N) is 1. The Morgan fingerprint density at radius 1 is 1.11 bits per heavy atom. The summed E-state index contributed by atoms with van der Waals surface area (Å²) in [5.74, 6) is 0.819. The summed E-state index contributed by atoms with van der Waals surface area (Å²) in [6, 6.07) is 12.4. The number of imidazole rings is 1. The van der Waals surface area contributed by atoms with E-state index in [4.69, 9.17) is 0 Å². The van der Waals surface area contributed by atoms with E-state index >= 15 is 0 Å². The van der Waals surface area contributed by atoms with E-state index in [9.17, 15) is 0 Å². The molecule has 0 saturated carbocycles. The Hall–Kier alpha value is -2.36. The quantitative estimate of drug-likeness (QED) is 0.762. The summed E-state index contributed by atoms with van der Waals surface area (Å²) in [6.45, 7) is 0.824. The summed E-state index contributed by atoms with van der Waals surface area (Å²) in [7, 11) is 1.86. The molecule has 0 spiro atoms. The zero-order chi connectivity index (χ0) is 12.4. The molecule has 2 heterocycles. The Kier molecular flexibility index (Phi) is 2.68. The van der Waals surface area contributed by atoms with Gasteiger partial charge in [-0.3, -0.25) is 0 Å². The lowest BCUT2D eigenvalue weighted by Gasteiger charge is -2.05. The van der Waals surface area contributed by atoms with Crippen LogP contribution in [0, 0.1) is 0 Å². The van der Waals surface area contributed by atoms with E-state index in [2.05, 4.69) is 44.1 Å². The fraction of sp³-hybridized carbons (Fsp3) is 0.143. The average Bonchev–Trinajstić information content (AvgIpc) is 2.83. The van der Waals surface area contributed by atoms with Gasteiger partial charge in [-0.15, -0.1) is 0 Å². The molecule has 0 bridgehead atoms. The highest BCUT2D eigenvalue weighted by atomic mass is 15.1. The summed E-state index contributed by atoms with van der Waals surface area (Å²) in [4.78, 5) is 8.68. The zero-order valence-corrected chi connectivity index (χ0v) is 10.2. The first-order valence-corrected chi connectivity index (χ1v) is 5.90. The Morgan fingerprint density at radius 2 is 1.94 bits per heavy atom. The molecule has 4 heteroatoms. The Morgan fingerprint density at radius 3 is 2.72 bits per heavy atom. The first kappa shape index (κ1) is 10.8. The van der Waals surface area contributed by atoms with Crippen molar-refractivity contribution in [2.45, 2.75) is 6.54 Å². The molecule has 2 aromatic heterocycles. The molecule has 4 nitrogen and oxygen atoms in total. The van der Waals surface area contributed by atoms with Gasteiger partial charge in [0.2, 0.25) is 0 Å². The minimum atomic E-state index is 0.819. The van der Waals surface area contributed by atoms with Crippen LogP contribution in [0.25, 0.3) is 11.0 Å². The van der Waals surface area contributed by atoms with E-state index in [1.165, 1.54) is 5.56 Å². The van der Waals surface area contributed by atoms with Gasteiger partial charge in [-0.25, -0.2) is 9.97 Å². The number of anilines is 1. The number of nitrogens with zero attached hydrogens (tertiary/aromatic N) is 3. The first-order chi connectivity index (χ1) is 8.88. The molecule has 3 rings (SSSR count). The van der Waals surface area contributed by atoms with E-state index in [1.54, 1.807) is 6.20 Å². The number of benzene rings is 1. The van der Waals surface area contributed by atoms with Gasteiger partial charge in [0.1, 0.15) is 5.52 Å². The lowest BCUT2D eigenvalue weighted by atomic mass is 10.2. The Balaban J connectivity index is 2.03. The van der Waals surface area contributed by atoms with Gasteiger partial charge in [-0.1, -0.05) is 30.3 Å². The average molecular weight is 238 g/mol. The molecular formula is C14H14N4.